The number of aromatic hydroxyl groups is 1. The predicted octanol–water partition coefficient (Wildman–Crippen LogP) is -2.49. The van der Waals surface area contributed by atoms with Crippen LogP contribution in [0, 0.1) is 0 Å². The zero-order valence-electron chi connectivity index (χ0n) is 11.1. The molecule has 0 saturated carbocycles. The molecule has 0 aliphatic heterocycles. The second kappa shape index (κ2) is 10.2. The van der Waals surface area contributed by atoms with Crippen LogP contribution in [0.25, 0.3) is 0 Å². The summed E-state index contributed by atoms with van der Waals surface area (Å²) in [5.41, 5.74) is 0.813. The highest BCUT2D eigenvalue weighted by Gasteiger charge is 2.29. The van der Waals surface area contributed by atoms with Gasteiger partial charge in [-0.1, -0.05) is 12.1 Å². The van der Waals surface area contributed by atoms with Crippen LogP contribution in [0.5, 0.6) is 5.75 Å². The van der Waals surface area contributed by atoms with Crippen LogP contribution in [0.2, 0.25) is 0 Å². The molecular weight excluding hydrogens is 284 g/mol. The van der Waals surface area contributed by atoms with Gasteiger partial charge < -0.3 is 40.5 Å². The summed E-state index contributed by atoms with van der Waals surface area (Å²) < 4.78 is 0. The molecule has 120 valence electrons. The maximum atomic E-state index is 9.90. The Morgan fingerprint density at radius 3 is 1.86 bits per heavy atom. The van der Waals surface area contributed by atoms with Crippen molar-refractivity contribution < 1.29 is 40.5 Å². The van der Waals surface area contributed by atoms with E-state index in [0.717, 1.165) is 5.56 Å². The molecule has 4 atom stereocenters. The third-order valence-electron chi connectivity index (χ3n) is 2.54. The number of rotatable bonds is 6. The number of carbonyl (C=O) groups excluding carboxylic acids is 1. The fourth-order valence-electron chi connectivity index (χ4n) is 1.22. The van der Waals surface area contributed by atoms with Gasteiger partial charge in [0.1, 0.15) is 30.2 Å². The van der Waals surface area contributed by atoms with Gasteiger partial charge in [0.05, 0.1) is 13.2 Å². The van der Waals surface area contributed by atoms with Crippen LogP contribution in [0.15, 0.2) is 24.3 Å². The first-order valence-electron chi connectivity index (χ1n) is 6.04. The average molecular weight is 304 g/mol. The molecule has 1 aromatic carbocycles. The predicted molar refractivity (Wildman–Crippen MR) is 71.2 cm³/mol. The summed E-state index contributed by atoms with van der Waals surface area (Å²) in [7, 11) is 0. The van der Waals surface area contributed by atoms with Crippen LogP contribution in [0.3, 0.4) is 0 Å². The summed E-state index contributed by atoms with van der Waals surface area (Å²) in [6.07, 6.45) is -6.84. The van der Waals surface area contributed by atoms with E-state index in [4.69, 9.17) is 35.7 Å². The van der Waals surface area contributed by atoms with Crippen molar-refractivity contribution in [1.82, 2.24) is 0 Å². The number of hydrogen-bond donors (Lipinski definition) is 7. The maximum absolute atomic E-state index is 9.90. The summed E-state index contributed by atoms with van der Waals surface area (Å²) in [5.74, 6) is 0.229. The molecule has 0 saturated heterocycles. The van der Waals surface area contributed by atoms with Crippen molar-refractivity contribution in [2.75, 3.05) is 6.61 Å². The lowest BCUT2D eigenvalue weighted by atomic mass is 10.0. The molecule has 0 amide bonds. The number of aliphatic hydroxyl groups excluding tert-OH is 6. The molecule has 21 heavy (non-hydrogen) atoms. The van der Waals surface area contributed by atoms with Crippen LogP contribution in [-0.2, 0) is 11.4 Å². The minimum atomic E-state index is -1.79. The first-order chi connectivity index (χ1) is 9.87. The highest BCUT2D eigenvalue weighted by atomic mass is 16.4. The van der Waals surface area contributed by atoms with Gasteiger partial charge in [-0.25, -0.2) is 0 Å². The van der Waals surface area contributed by atoms with Crippen LogP contribution >= 0.6 is 0 Å². The highest BCUT2D eigenvalue weighted by molar-refractivity contribution is 5.56. The van der Waals surface area contributed by atoms with Crippen LogP contribution in [-0.4, -0.2) is 73.1 Å². The molecule has 0 spiro atoms. The third kappa shape index (κ3) is 7.14. The van der Waals surface area contributed by atoms with E-state index in [1.165, 1.54) is 0 Å². The van der Waals surface area contributed by atoms with Gasteiger partial charge >= 0.3 is 0 Å². The quantitative estimate of drug-likeness (QED) is 0.284. The topological polar surface area (TPSA) is 159 Å². The van der Waals surface area contributed by atoms with Gasteiger partial charge in [0, 0.05) is 0 Å². The molecule has 8 heteroatoms. The van der Waals surface area contributed by atoms with Crippen molar-refractivity contribution in [3.8, 4) is 5.75 Å². The van der Waals surface area contributed by atoms with Crippen LogP contribution < -0.4 is 0 Å². The molecule has 0 fully saturated rings. The van der Waals surface area contributed by atoms with Gasteiger partial charge in [-0.15, -0.1) is 0 Å². The second-order valence-electron chi connectivity index (χ2n) is 4.18. The van der Waals surface area contributed by atoms with E-state index in [2.05, 4.69) is 0 Å². The number of aldehydes is 1. The van der Waals surface area contributed by atoms with Crippen molar-refractivity contribution in [2.45, 2.75) is 31.0 Å². The Hall–Kier alpha value is -1.55. The van der Waals surface area contributed by atoms with Gasteiger partial charge in [0.25, 0.3) is 0 Å². The van der Waals surface area contributed by atoms with E-state index in [1.807, 2.05) is 0 Å². The lowest BCUT2D eigenvalue weighted by Gasteiger charge is -2.22. The number of hydrogen-bond acceptors (Lipinski definition) is 8. The summed E-state index contributed by atoms with van der Waals surface area (Å²) in [6.45, 7) is -0.732. The number of aliphatic hydroxyl groups is 6. The van der Waals surface area contributed by atoms with Crippen molar-refractivity contribution in [3.63, 3.8) is 0 Å². The fraction of sp³-hybridized carbons (Fsp3) is 0.462. The Balaban J connectivity index is 0.000000394. The van der Waals surface area contributed by atoms with Crippen molar-refractivity contribution in [3.05, 3.63) is 29.8 Å². The van der Waals surface area contributed by atoms with Gasteiger partial charge in [-0.3, -0.25) is 0 Å². The molecular formula is C13H20O8. The van der Waals surface area contributed by atoms with E-state index in [9.17, 15) is 4.79 Å². The Morgan fingerprint density at radius 1 is 0.952 bits per heavy atom. The maximum Gasteiger partial charge on any atom is 0.151 e. The fourth-order valence-corrected chi connectivity index (χ4v) is 1.22. The largest absolute Gasteiger partial charge is 0.508 e. The molecule has 1 rings (SSSR count). The molecule has 8 nitrogen and oxygen atoms in total. The monoisotopic (exact) mass is 304 g/mol. The van der Waals surface area contributed by atoms with E-state index >= 15 is 0 Å². The standard InChI is InChI=1S/C7H8O2.C6H12O6/c8-5-6-1-3-7(9)4-2-6;7-1-3(9)5(11)6(12)4(10)2-8/h1-4,8-9H,5H2;1,3-6,8-12H,2H2. The average Bonchev–Trinajstić information content (AvgIpc) is 2.53. The minimum absolute atomic E-state index is 0.0258. The molecule has 0 radical (unpaired) electrons. The van der Waals surface area contributed by atoms with E-state index < -0.39 is 31.0 Å². The van der Waals surface area contributed by atoms with Crippen molar-refractivity contribution >= 4 is 6.29 Å². The molecule has 0 aliphatic rings. The van der Waals surface area contributed by atoms with E-state index in [1.54, 1.807) is 24.3 Å². The summed E-state index contributed by atoms with van der Waals surface area (Å²) in [5, 5.41) is 60.9. The molecule has 1 aromatic rings. The number of phenols is 1. The summed E-state index contributed by atoms with van der Waals surface area (Å²) in [4.78, 5) is 9.90. The zero-order valence-corrected chi connectivity index (χ0v) is 11.1. The molecule has 0 bridgehead atoms. The second-order valence-corrected chi connectivity index (χ2v) is 4.18. The van der Waals surface area contributed by atoms with E-state index in [-0.39, 0.29) is 18.6 Å². The Kier molecular flexibility index (Phi) is 9.46. The Labute approximate surface area is 121 Å². The summed E-state index contributed by atoms with van der Waals surface area (Å²) >= 11 is 0. The van der Waals surface area contributed by atoms with Gasteiger partial charge in [0.15, 0.2) is 6.29 Å². The normalized spacial score (nSPS) is 16.1. The lowest BCUT2D eigenvalue weighted by molar-refractivity contribution is -0.136. The summed E-state index contributed by atoms with van der Waals surface area (Å²) in [6, 6.07) is 6.45. The van der Waals surface area contributed by atoms with Crippen LogP contribution in [0.4, 0.5) is 0 Å². The highest BCUT2D eigenvalue weighted by Crippen LogP contribution is 2.08. The van der Waals surface area contributed by atoms with Gasteiger partial charge in [-0.05, 0) is 17.7 Å². The third-order valence-corrected chi connectivity index (χ3v) is 2.54. The van der Waals surface area contributed by atoms with Crippen molar-refractivity contribution in [2.24, 2.45) is 0 Å². The Bertz CT molecular complexity index is 394. The first kappa shape index (κ1) is 19.4. The molecule has 0 aliphatic carbocycles. The molecule has 0 aromatic heterocycles. The lowest BCUT2D eigenvalue weighted by Crippen LogP contribution is -2.46. The molecule has 0 heterocycles. The van der Waals surface area contributed by atoms with Gasteiger partial charge in [0.2, 0.25) is 0 Å². The van der Waals surface area contributed by atoms with E-state index in [0.29, 0.717) is 0 Å². The zero-order chi connectivity index (χ0) is 16.4. The smallest absolute Gasteiger partial charge is 0.151 e. The first-order valence-corrected chi connectivity index (χ1v) is 6.04. The number of phenolic OH excluding ortho intramolecular Hbond substituents is 1. The van der Waals surface area contributed by atoms with Gasteiger partial charge in [-0.2, -0.15) is 0 Å². The minimum Gasteiger partial charge on any atom is -0.508 e. The molecule has 7 N–H and O–H groups in total. The SMILES string of the molecule is O=CC(O)C(O)C(O)C(O)CO.OCc1ccc(O)cc1. The van der Waals surface area contributed by atoms with Crippen molar-refractivity contribution in [1.29, 1.82) is 0 Å². The molecule has 4 unspecified atom stereocenters. The van der Waals surface area contributed by atoms with Crippen LogP contribution in [0.1, 0.15) is 5.56 Å². The Morgan fingerprint density at radius 2 is 1.48 bits per heavy atom. The number of carbonyl (C=O) groups is 1. The number of benzene rings is 1.